The molecule has 0 unspecified atom stereocenters. The number of methoxy groups -OCH3 is 2. The van der Waals surface area contributed by atoms with Crippen LogP contribution in [0.15, 0.2) is 54.7 Å². The van der Waals surface area contributed by atoms with Crippen LogP contribution in [-0.4, -0.2) is 61.3 Å². The van der Waals surface area contributed by atoms with E-state index in [9.17, 15) is 4.79 Å². The summed E-state index contributed by atoms with van der Waals surface area (Å²) >= 11 is 0. The molecule has 2 aromatic heterocycles. The lowest BCUT2D eigenvalue weighted by Crippen LogP contribution is -2.36. The van der Waals surface area contributed by atoms with Crippen LogP contribution in [0, 0.1) is 23.0 Å². The van der Waals surface area contributed by atoms with E-state index in [1.165, 1.54) is 0 Å². The highest BCUT2D eigenvalue weighted by Gasteiger charge is 2.33. The Balaban J connectivity index is 1.37. The Labute approximate surface area is 253 Å². The molecule has 1 saturated heterocycles. The largest absolute Gasteiger partial charge is 0.497 e. The van der Waals surface area contributed by atoms with Gasteiger partial charge in [0.15, 0.2) is 0 Å². The number of hydrogen-bond donors (Lipinski definition) is 0. The Kier molecular flexibility index (Phi) is 8.09. The van der Waals surface area contributed by atoms with Gasteiger partial charge in [-0.05, 0) is 48.0 Å². The van der Waals surface area contributed by atoms with Gasteiger partial charge in [0.05, 0.1) is 86.6 Å². The van der Waals surface area contributed by atoms with Gasteiger partial charge in [0, 0.05) is 36.8 Å². The molecule has 9 nitrogen and oxygen atoms in total. The number of amides is 1. The van der Waals surface area contributed by atoms with Crippen molar-refractivity contribution in [3.05, 3.63) is 100 Å². The monoisotopic (exact) mass is 597 g/mol. The molecule has 2 aliphatic rings. The van der Waals surface area contributed by atoms with Crippen LogP contribution in [-0.2, 0) is 24.2 Å². The molecular weight excluding hydrogens is 568 g/mol. The Morgan fingerprint density at radius 2 is 1.75 bits per heavy atom. The van der Waals surface area contributed by atoms with Crippen molar-refractivity contribution >= 4 is 11.6 Å². The number of nitriles is 1. The second-order valence-electron chi connectivity index (χ2n) is 10.5. The first-order chi connectivity index (χ1) is 21.4. The van der Waals surface area contributed by atoms with Gasteiger partial charge in [-0.15, -0.1) is 0 Å². The maximum Gasteiger partial charge on any atom is 0.256 e. The molecule has 2 aromatic carbocycles. The van der Waals surface area contributed by atoms with Crippen LogP contribution < -0.4 is 14.4 Å². The van der Waals surface area contributed by atoms with Gasteiger partial charge in [-0.3, -0.25) is 9.78 Å². The third kappa shape index (κ3) is 5.64. The average molecular weight is 598 g/mol. The van der Waals surface area contributed by atoms with Crippen LogP contribution in [0.3, 0.4) is 0 Å². The quantitative estimate of drug-likeness (QED) is 0.283. The van der Waals surface area contributed by atoms with Gasteiger partial charge in [-0.1, -0.05) is 0 Å². The van der Waals surface area contributed by atoms with Gasteiger partial charge >= 0.3 is 0 Å². The van der Waals surface area contributed by atoms with E-state index in [1.54, 1.807) is 49.6 Å². The zero-order valence-electron chi connectivity index (χ0n) is 24.3. The number of benzene rings is 2. The molecule has 224 valence electrons. The fourth-order valence-electron chi connectivity index (χ4n) is 5.63. The van der Waals surface area contributed by atoms with Crippen LogP contribution in [0.5, 0.6) is 11.5 Å². The van der Waals surface area contributed by atoms with Crippen molar-refractivity contribution in [2.75, 3.05) is 45.4 Å². The zero-order chi connectivity index (χ0) is 30.8. The fraction of sp³-hybridized carbons (Fsp3) is 0.273. The molecule has 0 bridgehead atoms. The second kappa shape index (κ2) is 12.3. The van der Waals surface area contributed by atoms with Gasteiger partial charge in [0.2, 0.25) is 0 Å². The first kappa shape index (κ1) is 29.0. The Morgan fingerprint density at radius 1 is 0.977 bits per heavy atom. The lowest BCUT2D eigenvalue weighted by molar-refractivity contribution is 0.0764. The summed E-state index contributed by atoms with van der Waals surface area (Å²) in [7, 11) is 3.10. The highest BCUT2D eigenvalue weighted by molar-refractivity contribution is 5.99. The fourth-order valence-corrected chi connectivity index (χ4v) is 5.63. The molecule has 44 heavy (non-hydrogen) atoms. The van der Waals surface area contributed by atoms with Crippen molar-refractivity contribution in [2.24, 2.45) is 0 Å². The van der Waals surface area contributed by atoms with E-state index in [4.69, 9.17) is 19.5 Å². The van der Waals surface area contributed by atoms with E-state index in [1.807, 2.05) is 18.2 Å². The van der Waals surface area contributed by atoms with Crippen LogP contribution >= 0.6 is 0 Å². The number of morpholine rings is 1. The Bertz CT molecular complexity index is 1740. The summed E-state index contributed by atoms with van der Waals surface area (Å²) in [6.07, 6.45) is 2.03. The van der Waals surface area contributed by atoms with Crippen molar-refractivity contribution in [3.8, 4) is 28.8 Å². The number of halogens is 2. The Morgan fingerprint density at radius 3 is 2.41 bits per heavy atom. The lowest BCUT2D eigenvalue weighted by atomic mass is 9.98. The summed E-state index contributed by atoms with van der Waals surface area (Å²) in [5.41, 5.74) is 3.31. The minimum atomic E-state index is -0.905. The average Bonchev–Trinajstić information content (AvgIpc) is 3.36. The molecule has 1 amide bonds. The molecule has 1 fully saturated rings. The van der Waals surface area contributed by atoms with E-state index in [0.29, 0.717) is 47.2 Å². The van der Waals surface area contributed by atoms with Crippen LogP contribution in [0.2, 0.25) is 0 Å². The molecule has 0 saturated carbocycles. The number of nitrogens with zero attached hydrogens (tertiary/aromatic N) is 5. The molecule has 2 aliphatic heterocycles. The number of carbonyl (C=O) groups excluding carboxylic acids is 1. The minimum absolute atomic E-state index is 0.0415. The van der Waals surface area contributed by atoms with Gasteiger partial charge < -0.3 is 24.0 Å². The van der Waals surface area contributed by atoms with Gasteiger partial charge in [0.1, 0.15) is 23.1 Å². The molecule has 0 atom stereocenters. The summed E-state index contributed by atoms with van der Waals surface area (Å²) in [4.78, 5) is 26.9. The second-order valence-corrected chi connectivity index (χ2v) is 10.5. The molecule has 6 rings (SSSR count). The lowest BCUT2D eigenvalue weighted by Gasteiger charge is -2.28. The molecular formula is C33H29F2N5O4. The van der Waals surface area contributed by atoms with E-state index in [0.717, 1.165) is 36.5 Å². The summed E-state index contributed by atoms with van der Waals surface area (Å²) in [5, 5.41) is 9.16. The third-order valence-electron chi connectivity index (χ3n) is 7.86. The molecule has 4 heterocycles. The zero-order valence-corrected chi connectivity index (χ0v) is 24.3. The standard InChI is InChI=1S/C33H29F2N5O4/c1-42-25-6-3-21(30(15-25)43-2)18-40-19-29-31(33(40)41)22(13-23-4-5-24(17-37-23)39-7-9-44-10-8-39)14-28(38-29)32-26(34)11-20(16-36)12-27(32)35/h3-6,11-12,14-15,17H,7-10,13,18-19H2,1-2H3. The van der Waals surface area contributed by atoms with E-state index in [-0.39, 0.29) is 42.2 Å². The summed E-state index contributed by atoms with van der Waals surface area (Å²) < 4.78 is 46.5. The van der Waals surface area contributed by atoms with Crippen molar-refractivity contribution < 1.29 is 27.8 Å². The van der Waals surface area contributed by atoms with Crippen molar-refractivity contribution in [3.63, 3.8) is 0 Å². The number of aromatic nitrogens is 2. The van der Waals surface area contributed by atoms with Crippen LogP contribution in [0.4, 0.5) is 14.5 Å². The number of rotatable bonds is 8. The maximum absolute atomic E-state index is 15.1. The van der Waals surface area contributed by atoms with Crippen LogP contribution in [0.25, 0.3) is 11.3 Å². The predicted molar refractivity (Wildman–Crippen MR) is 158 cm³/mol. The van der Waals surface area contributed by atoms with Gasteiger partial charge in [-0.2, -0.15) is 5.26 Å². The molecule has 0 radical (unpaired) electrons. The number of hydrogen-bond acceptors (Lipinski definition) is 8. The van der Waals surface area contributed by atoms with Crippen LogP contribution in [0.1, 0.15) is 38.4 Å². The van der Waals surface area contributed by atoms with Crippen molar-refractivity contribution in [1.82, 2.24) is 14.9 Å². The predicted octanol–water partition coefficient (Wildman–Crippen LogP) is 4.89. The summed E-state index contributed by atoms with van der Waals surface area (Å²) in [6.45, 7) is 3.20. The number of ether oxygens (including phenoxy) is 3. The minimum Gasteiger partial charge on any atom is -0.497 e. The van der Waals surface area contributed by atoms with E-state index >= 15 is 8.78 Å². The van der Waals surface area contributed by atoms with Crippen molar-refractivity contribution in [2.45, 2.75) is 19.5 Å². The van der Waals surface area contributed by atoms with Gasteiger partial charge in [0.25, 0.3) is 5.91 Å². The first-order valence-corrected chi connectivity index (χ1v) is 14.1. The molecule has 0 aliphatic carbocycles. The van der Waals surface area contributed by atoms with E-state index < -0.39 is 11.6 Å². The Hall–Kier alpha value is -5.08. The molecule has 4 aromatic rings. The molecule has 11 heteroatoms. The topological polar surface area (TPSA) is 101 Å². The number of fused-ring (bicyclic) bond motifs is 1. The normalized spacial score (nSPS) is 14.4. The number of pyridine rings is 2. The van der Waals surface area contributed by atoms with Gasteiger partial charge in [-0.25, -0.2) is 13.8 Å². The third-order valence-corrected chi connectivity index (χ3v) is 7.86. The smallest absolute Gasteiger partial charge is 0.256 e. The number of anilines is 1. The highest BCUT2D eigenvalue weighted by Crippen LogP contribution is 2.35. The SMILES string of the molecule is COc1ccc(CN2Cc3nc(-c4c(F)cc(C#N)cc4F)cc(Cc4ccc(N5CCOCC5)cn4)c3C2=O)c(OC)c1. The van der Waals surface area contributed by atoms with E-state index in [2.05, 4.69) is 14.9 Å². The van der Waals surface area contributed by atoms with Crippen molar-refractivity contribution in [1.29, 1.82) is 5.26 Å². The highest BCUT2D eigenvalue weighted by atomic mass is 19.1. The maximum atomic E-state index is 15.1. The number of carbonyl (C=O) groups is 1. The summed E-state index contributed by atoms with van der Waals surface area (Å²) in [6, 6.07) is 14.5. The molecule has 0 N–H and O–H groups in total. The molecule has 0 spiro atoms. The first-order valence-electron chi connectivity index (χ1n) is 14.1. The summed E-state index contributed by atoms with van der Waals surface area (Å²) in [5.74, 6) is -0.881.